The van der Waals surface area contributed by atoms with E-state index >= 15 is 0 Å². The van der Waals surface area contributed by atoms with Crippen LogP contribution in [0.25, 0.3) is 0 Å². The van der Waals surface area contributed by atoms with Gasteiger partial charge in [-0.05, 0) is 49.1 Å². The van der Waals surface area contributed by atoms with Gasteiger partial charge in [0.1, 0.15) is 5.75 Å². The third-order valence-electron chi connectivity index (χ3n) is 4.05. The number of fused-ring (bicyclic) bond motifs is 1. The normalized spacial score (nSPS) is 14.5. The van der Waals surface area contributed by atoms with Crippen molar-refractivity contribution in [1.82, 2.24) is 5.32 Å². The van der Waals surface area contributed by atoms with E-state index in [9.17, 15) is 0 Å². The molecule has 1 aliphatic rings. The van der Waals surface area contributed by atoms with Crippen LogP contribution < -0.4 is 10.1 Å². The van der Waals surface area contributed by atoms with Gasteiger partial charge in [0.25, 0.3) is 0 Å². The molecular weight excluding hydrogens is 258 g/mol. The lowest BCUT2D eigenvalue weighted by Crippen LogP contribution is -2.29. The monoisotopic (exact) mass is 281 g/mol. The van der Waals surface area contributed by atoms with Crippen LogP contribution in [0.4, 0.5) is 0 Å². The van der Waals surface area contributed by atoms with Gasteiger partial charge in [-0.15, -0.1) is 0 Å². The van der Waals surface area contributed by atoms with Gasteiger partial charge in [0.05, 0.1) is 6.61 Å². The third kappa shape index (κ3) is 3.85. The van der Waals surface area contributed by atoms with E-state index in [2.05, 4.69) is 60.8 Å². The minimum atomic E-state index is 0.505. The molecule has 1 aliphatic heterocycles. The molecule has 0 saturated carbocycles. The molecule has 3 rings (SSSR count). The van der Waals surface area contributed by atoms with Gasteiger partial charge in [-0.2, -0.15) is 0 Å². The van der Waals surface area contributed by atoms with Gasteiger partial charge < -0.3 is 10.1 Å². The maximum atomic E-state index is 5.55. The molecule has 0 saturated heterocycles. The van der Waals surface area contributed by atoms with Crippen molar-refractivity contribution in [2.45, 2.75) is 32.2 Å². The van der Waals surface area contributed by atoms with Crippen LogP contribution in [0.15, 0.2) is 48.5 Å². The van der Waals surface area contributed by atoms with Crippen LogP contribution in [0.5, 0.6) is 5.75 Å². The molecule has 2 aromatic rings. The summed E-state index contributed by atoms with van der Waals surface area (Å²) in [6.45, 7) is 4.11. The van der Waals surface area contributed by atoms with Gasteiger partial charge in [-0.25, -0.2) is 0 Å². The fraction of sp³-hybridized carbons (Fsp3) is 0.368. The molecule has 1 unspecified atom stereocenters. The van der Waals surface area contributed by atoms with Crippen molar-refractivity contribution in [3.05, 3.63) is 65.2 Å². The van der Waals surface area contributed by atoms with E-state index < -0.39 is 0 Å². The molecule has 1 N–H and O–H groups in total. The van der Waals surface area contributed by atoms with Crippen LogP contribution in [0, 0.1) is 0 Å². The van der Waals surface area contributed by atoms with E-state index in [1.165, 1.54) is 16.7 Å². The van der Waals surface area contributed by atoms with Crippen molar-refractivity contribution in [1.29, 1.82) is 0 Å². The van der Waals surface area contributed by atoms with Crippen LogP contribution in [0.1, 0.15) is 23.6 Å². The first kappa shape index (κ1) is 14.2. The largest absolute Gasteiger partial charge is 0.493 e. The number of ether oxygens (including phenoxy) is 1. The highest BCUT2D eigenvalue weighted by Crippen LogP contribution is 2.25. The minimum absolute atomic E-state index is 0.505. The number of nitrogens with one attached hydrogen (secondary N) is 1. The molecule has 0 bridgehead atoms. The molecule has 0 aliphatic carbocycles. The lowest BCUT2D eigenvalue weighted by Gasteiger charge is -2.14. The quantitative estimate of drug-likeness (QED) is 0.876. The molecule has 2 aromatic carbocycles. The first-order valence-electron chi connectivity index (χ1n) is 7.83. The molecule has 0 spiro atoms. The first-order valence-corrected chi connectivity index (χ1v) is 7.83. The molecule has 0 radical (unpaired) electrons. The van der Waals surface area contributed by atoms with Crippen molar-refractivity contribution in [3.63, 3.8) is 0 Å². The Bertz CT molecular complexity index is 579. The first-order chi connectivity index (χ1) is 10.3. The summed E-state index contributed by atoms with van der Waals surface area (Å²) in [7, 11) is 0. The molecule has 0 amide bonds. The SMILES string of the molecule is CC(Cc1ccccc1)NCCc1ccc2c(c1)CCO2. The summed E-state index contributed by atoms with van der Waals surface area (Å²) in [5.41, 5.74) is 4.16. The zero-order valence-electron chi connectivity index (χ0n) is 12.6. The van der Waals surface area contributed by atoms with Gasteiger partial charge >= 0.3 is 0 Å². The fourth-order valence-corrected chi connectivity index (χ4v) is 2.90. The van der Waals surface area contributed by atoms with Crippen LogP contribution >= 0.6 is 0 Å². The second-order valence-electron chi connectivity index (χ2n) is 5.84. The average molecular weight is 281 g/mol. The predicted molar refractivity (Wildman–Crippen MR) is 87.0 cm³/mol. The van der Waals surface area contributed by atoms with Crippen molar-refractivity contribution >= 4 is 0 Å². The Hall–Kier alpha value is -1.80. The fourth-order valence-electron chi connectivity index (χ4n) is 2.90. The van der Waals surface area contributed by atoms with E-state index in [1.54, 1.807) is 0 Å². The van der Waals surface area contributed by atoms with Gasteiger partial charge in [0.15, 0.2) is 0 Å². The summed E-state index contributed by atoms with van der Waals surface area (Å²) in [6, 6.07) is 17.8. The zero-order valence-corrected chi connectivity index (χ0v) is 12.6. The van der Waals surface area contributed by atoms with E-state index in [0.29, 0.717) is 6.04 Å². The van der Waals surface area contributed by atoms with Gasteiger partial charge in [-0.1, -0.05) is 42.5 Å². The molecule has 1 atom stereocenters. The van der Waals surface area contributed by atoms with Crippen LogP contribution in [-0.2, 0) is 19.3 Å². The van der Waals surface area contributed by atoms with Gasteiger partial charge in [0.2, 0.25) is 0 Å². The molecule has 0 fully saturated rings. The van der Waals surface area contributed by atoms with Gasteiger partial charge in [0, 0.05) is 12.5 Å². The predicted octanol–water partition coefficient (Wildman–Crippen LogP) is 3.38. The van der Waals surface area contributed by atoms with E-state index in [4.69, 9.17) is 4.74 Å². The van der Waals surface area contributed by atoms with Crippen molar-refractivity contribution < 1.29 is 4.74 Å². The van der Waals surface area contributed by atoms with Crippen LogP contribution in [-0.4, -0.2) is 19.2 Å². The van der Waals surface area contributed by atoms with Crippen LogP contribution in [0.3, 0.4) is 0 Å². The molecule has 21 heavy (non-hydrogen) atoms. The Labute approximate surface area is 127 Å². The maximum absolute atomic E-state index is 5.55. The Morgan fingerprint density at radius 1 is 1.10 bits per heavy atom. The van der Waals surface area contributed by atoms with Gasteiger partial charge in [-0.3, -0.25) is 0 Å². The third-order valence-corrected chi connectivity index (χ3v) is 4.05. The summed E-state index contributed by atoms with van der Waals surface area (Å²) in [5, 5.41) is 3.62. The molecule has 2 nitrogen and oxygen atoms in total. The topological polar surface area (TPSA) is 21.3 Å². The highest BCUT2D eigenvalue weighted by molar-refractivity contribution is 5.39. The van der Waals surface area contributed by atoms with Crippen molar-refractivity contribution in [3.8, 4) is 5.75 Å². The summed E-state index contributed by atoms with van der Waals surface area (Å²) < 4.78 is 5.55. The Balaban J connectivity index is 1.45. The Morgan fingerprint density at radius 3 is 2.81 bits per heavy atom. The summed E-state index contributed by atoms with van der Waals surface area (Å²) in [5.74, 6) is 1.07. The summed E-state index contributed by atoms with van der Waals surface area (Å²) >= 11 is 0. The van der Waals surface area contributed by atoms with Crippen molar-refractivity contribution in [2.24, 2.45) is 0 Å². The highest BCUT2D eigenvalue weighted by Gasteiger charge is 2.11. The standard InChI is InChI=1S/C19H23NO/c1-15(13-16-5-3-2-4-6-16)20-11-9-17-7-8-19-18(14-17)10-12-21-19/h2-8,14-15,20H,9-13H2,1H3. The Kier molecular flexibility index (Phi) is 4.56. The number of benzene rings is 2. The maximum Gasteiger partial charge on any atom is 0.122 e. The van der Waals surface area contributed by atoms with E-state index in [0.717, 1.165) is 38.2 Å². The molecule has 110 valence electrons. The second kappa shape index (κ2) is 6.77. The number of rotatable bonds is 6. The smallest absolute Gasteiger partial charge is 0.122 e. The lowest BCUT2D eigenvalue weighted by molar-refractivity contribution is 0.357. The molecule has 2 heteroatoms. The summed E-state index contributed by atoms with van der Waals surface area (Å²) in [4.78, 5) is 0. The molecular formula is C19H23NO. The van der Waals surface area contributed by atoms with Crippen molar-refractivity contribution in [2.75, 3.05) is 13.2 Å². The van der Waals surface area contributed by atoms with E-state index in [1.807, 2.05) is 0 Å². The Morgan fingerprint density at radius 2 is 1.95 bits per heavy atom. The zero-order chi connectivity index (χ0) is 14.5. The molecule has 1 heterocycles. The molecule has 0 aromatic heterocycles. The van der Waals surface area contributed by atoms with Crippen LogP contribution in [0.2, 0.25) is 0 Å². The average Bonchev–Trinajstić information content (AvgIpc) is 2.96. The highest BCUT2D eigenvalue weighted by atomic mass is 16.5. The number of hydrogen-bond donors (Lipinski definition) is 1. The summed E-state index contributed by atoms with van der Waals surface area (Å²) in [6.07, 6.45) is 3.21. The lowest BCUT2D eigenvalue weighted by atomic mass is 10.1. The number of hydrogen-bond acceptors (Lipinski definition) is 2. The second-order valence-corrected chi connectivity index (χ2v) is 5.84. The minimum Gasteiger partial charge on any atom is -0.493 e. The van der Waals surface area contributed by atoms with E-state index in [-0.39, 0.29) is 0 Å².